The Bertz CT molecular complexity index is 1000. The number of hydrogen-bond donors (Lipinski definition) is 1. The summed E-state index contributed by atoms with van der Waals surface area (Å²) in [5, 5.41) is 2.80. The van der Waals surface area contributed by atoms with Gasteiger partial charge in [0.15, 0.2) is 0 Å². The van der Waals surface area contributed by atoms with Crippen molar-refractivity contribution in [3.05, 3.63) is 78.5 Å². The lowest BCUT2D eigenvalue weighted by Crippen LogP contribution is -2.29. The number of ether oxygens (including phenoxy) is 1. The van der Waals surface area contributed by atoms with E-state index in [9.17, 15) is 9.59 Å². The Labute approximate surface area is 182 Å². The maximum atomic E-state index is 12.5. The van der Waals surface area contributed by atoms with E-state index in [1.165, 1.54) is 17.2 Å². The van der Waals surface area contributed by atoms with E-state index in [-0.39, 0.29) is 11.8 Å². The van der Waals surface area contributed by atoms with Crippen molar-refractivity contribution in [3.63, 3.8) is 0 Å². The molecule has 0 unspecified atom stereocenters. The second-order valence-corrected chi connectivity index (χ2v) is 6.82. The van der Waals surface area contributed by atoms with Crippen molar-refractivity contribution in [1.29, 1.82) is 0 Å². The summed E-state index contributed by atoms with van der Waals surface area (Å²) in [6.07, 6.45) is 0.900. The Morgan fingerprint density at radius 2 is 1.58 bits per heavy atom. The minimum Gasteiger partial charge on any atom is -0.391 e. The largest absolute Gasteiger partial charge is 0.420 e. The van der Waals surface area contributed by atoms with Gasteiger partial charge >= 0.3 is 6.09 Å². The molecule has 3 aromatic rings. The fourth-order valence-corrected chi connectivity index (χ4v) is 3.05. The van der Waals surface area contributed by atoms with E-state index in [4.69, 9.17) is 4.74 Å². The molecule has 0 saturated heterocycles. The van der Waals surface area contributed by atoms with Gasteiger partial charge in [0, 0.05) is 43.1 Å². The molecule has 0 aliphatic heterocycles. The van der Waals surface area contributed by atoms with Crippen LogP contribution in [0.2, 0.25) is 0 Å². The average Bonchev–Trinajstić information content (AvgIpc) is 2.81. The van der Waals surface area contributed by atoms with Gasteiger partial charge in [0.25, 0.3) is 5.91 Å². The third-order valence-corrected chi connectivity index (χ3v) is 4.86. The number of benzene rings is 2. The number of pyridine rings is 1. The van der Waals surface area contributed by atoms with E-state index in [0.717, 1.165) is 18.8 Å². The number of hydrogen-bond acceptors (Lipinski definition) is 5. The summed E-state index contributed by atoms with van der Waals surface area (Å²) in [5.74, 6) is -0.0872. The molecule has 0 aliphatic rings. The van der Waals surface area contributed by atoms with Crippen LogP contribution in [0.1, 0.15) is 24.2 Å². The number of nitrogens with one attached hydrogen (secondary N) is 1. The summed E-state index contributed by atoms with van der Waals surface area (Å²) in [7, 11) is 1.62. The first-order chi connectivity index (χ1) is 15.0. The Morgan fingerprint density at radius 3 is 2.16 bits per heavy atom. The Kier molecular flexibility index (Phi) is 7.22. The lowest BCUT2D eigenvalue weighted by molar-refractivity contribution is 0.102. The van der Waals surface area contributed by atoms with Crippen LogP contribution < -0.4 is 19.9 Å². The molecule has 0 radical (unpaired) electrons. The van der Waals surface area contributed by atoms with Crippen molar-refractivity contribution in [3.8, 4) is 5.88 Å². The number of carbonyl (C=O) groups is 2. The second-order valence-electron chi connectivity index (χ2n) is 6.82. The summed E-state index contributed by atoms with van der Waals surface area (Å²) in [5.41, 5.74) is 2.85. The zero-order chi connectivity index (χ0) is 22.2. The van der Waals surface area contributed by atoms with Crippen molar-refractivity contribution < 1.29 is 14.3 Å². The first-order valence-electron chi connectivity index (χ1n) is 10.1. The number of aromatic nitrogens is 1. The van der Waals surface area contributed by atoms with Crippen LogP contribution in [0.4, 0.5) is 21.9 Å². The SMILES string of the molecule is CCN(CC)c1ccc(C(=O)Nc2ccc(OC(=O)N(C)c3ccccc3)nc2)cc1. The maximum Gasteiger partial charge on any atom is 0.420 e. The fraction of sp³-hybridized carbons (Fsp3) is 0.208. The molecule has 2 aromatic carbocycles. The van der Waals surface area contributed by atoms with Crippen LogP contribution in [0.5, 0.6) is 5.88 Å². The minimum atomic E-state index is -0.552. The molecular weight excluding hydrogens is 392 g/mol. The van der Waals surface area contributed by atoms with Crippen molar-refractivity contribution in [2.75, 3.05) is 35.3 Å². The summed E-state index contributed by atoms with van der Waals surface area (Å²) in [6, 6.07) is 19.8. The van der Waals surface area contributed by atoms with Crippen molar-refractivity contribution >= 4 is 29.1 Å². The molecule has 31 heavy (non-hydrogen) atoms. The molecule has 0 atom stereocenters. The molecule has 0 aliphatic carbocycles. The quantitative estimate of drug-likeness (QED) is 0.596. The van der Waals surface area contributed by atoms with Crippen LogP contribution in [-0.2, 0) is 0 Å². The molecule has 0 saturated carbocycles. The zero-order valence-electron chi connectivity index (χ0n) is 17.9. The van der Waals surface area contributed by atoms with Gasteiger partial charge < -0.3 is 15.0 Å². The van der Waals surface area contributed by atoms with E-state index in [1.54, 1.807) is 25.2 Å². The average molecular weight is 418 g/mol. The molecule has 1 aromatic heterocycles. The van der Waals surface area contributed by atoms with Gasteiger partial charge in [0.05, 0.1) is 11.9 Å². The lowest BCUT2D eigenvalue weighted by atomic mass is 10.1. The molecule has 0 bridgehead atoms. The number of para-hydroxylation sites is 1. The number of rotatable bonds is 7. The van der Waals surface area contributed by atoms with Crippen LogP contribution in [0.3, 0.4) is 0 Å². The number of nitrogens with zero attached hydrogens (tertiary/aromatic N) is 3. The summed E-state index contributed by atoms with van der Waals surface area (Å²) >= 11 is 0. The first-order valence-corrected chi connectivity index (χ1v) is 10.1. The van der Waals surface area contributed by atoms with Crippen molar-refractivity contribution in [1.82, 2.24) is 4.98 Å². The van der Waals surface area contributed by atoms with Gasteiger partial charge in [-0.2, -0.15) is 0 Å². The van der Waals surface area contributed by atoms with Gasteiger partial charge in [-0.1, -0.05) is 18.2 Å². The second kappa shape index (κ2) is 10.2. The maximum absolute atomic E-state index is 12.5. The van der Waals surface area contributed by atoms with Crippen molar-refractivity contribution in [2.24, 2.45) is 0 Å². The zero-order valence-corrected chi connectivity index (χ0v) is 17.9. The van der Waals surface area contributed by atoms with E-state index in [2.05, 4.69) is 29.0 Å². The molecule has 7 heteroatoms. The molecule has 1 heterocycles. The van der Waals surface area contributed by atoms with Gasteiger partial charge in [-0.05, 0) is 56.3 Å². The summed E-state index contributed by atoms with van der Waals surface area (Å²) in [6.45, 7) is 6.01. The molecule has 1 N–H and O–H groups in total. The highest BCUT2D eigenvalue weighted by molar-refractivity contribution is 6.04. The van der Waals surface area contributed by atoms with E-state index < -0.39 is 6.09 Å². The van der Waals surface area contributed by atoms with Gasteiger partial charge in [0.2, 0.25) is 5.88 Å². The predicted octanol–water partition coefficient (Wildman–Crippen LogP) is 4.82. The predicted molar refractivity (Wildman–Crippen MR) is 123 cm³/mol. The minimum absolute atomic E-state index is 0.148. The number of carbonyl (C=O) groups excluding carboxylic acids is 2. The van der Waals surface area contributed by atoms with E-state index >= 15 is 0 Å². The highest BCUT2D eigenvalue weighted by Gasteiger charge is 2.14. The standard InChI is InChI=1S/C24H26N4O3/c1-4-28(5-2)21-14-11-18(12-15-21)23(29)26-19-13-16-22(25-17-19)31-24(30)27(3)20-9-7-6-8-10-20/h6-17H,4-5H2,1-3H3,(H,26,29). The molecule has 3 rings (SSSR count). The lowest BCUT2D eigenvalue weighted by Gasteiger charge is -2.21. The Balaban J connectivity index is 1.59. The smallest absolute Gasteiger partial charge is 0.391 e. The third-order valence-electron chi connectivity index (χ3n) is 4.86. The highest BCUT2D eigenvalue weighted by Crippen LogP contribution is 2.18. The van der Waals surface area contributed by atoms with Crippen LogP contribution >= 0.6 is 0 Å². The molecule has 2 amide bonds. The van der Waals surface area contributed by atoms with Crippen LogP contribution in [0, 0.1) is 0 Å². The number of anilines is 3. The number of amides is 2. The monoisotopic (exact) mass is 418 g/mol. The van der Waals surface area contributed by atoms with Gasteiger partial charge in [-0.3, -0.25) is 9.69 Å². The molecule has 0 fully saturated rings. The first kappa shape index (κ1) is 21.8. The van der Waals surface area contributed by atoms with Crippen molar-refractivity contribution in [2.45, 2.75) is 13.8 Å². The molecule has 0 spiro atoms. The Hall–Kier alpha value is -3.87. The van der Waals surface area contributed by atoms with Gasteiger partial charge in [0.1, 0.15) is 0 Å². The van der Waals surface area contributed by atoms with Gasteiger partial charge in [-0.25, -0.2) is 9.78 Å². The highest BCUT2D eigenvalue weighted by atomic mass is 16.6. The van der Waals surface area contributed by atoms with Gasteiger partial charge in [-0.15, -0.1) is 0 Å². The van der Waals surface area contributed by atoms with E-state index in [1.807, 2.05) is 42.5 Å². The normalized spacial score (nSPS) is 10.3. The summed E-state index contributed by atoms with van der Waals surface area (Å²) < 4.78 is 5.29. The summed E-state index contributed by atoms with van der Waals surface area (Å²) in [4.78, 5) is 32.5. The van der Waals surface area contributed by atoms with E-state index in [0.29, 0.717) is 16.9 Å². The third kappa shape index (κ3) is 5.60. The topological polar surface area (TPSA) is 74.8 Å². The molecular formula is C24H26N4O3. The van der Waals surface area contributed by atoms with Crippen LogP contribution in [0.15, 0.2) is 72.9 Å². The fourth-order valence-electron chi connectivity index (χ4n) is 3.05. The Morgan fingerprint density at radius 1 is 0.903 bits per heavy atom. The molecule has 160 valence electrons. The molecule has 7 nitrogen and oxygen atoms in total. The van der Waals surface area contributed by atoms with Crippen LogP contribution in [-0.4, -0.2) is 37.1 Å². The van der Waals surface area contributed by atoms with Crippen LogP contribution in [0.25, 0.3) is 0 Å².